The van der Waals surface area contributed by atoms with E-state index in [0.29, 0.717) is 11.7 Å². The molecule has 2 aliphatic rings. The number of hydrogen-bond acceptors (Lipinski definition) is 1. The van der Waals surface area contributed by atoms with Crippen molar-refractivity contribution in [2.75, 3.05) is 13.1 Å². The largest absolute Gasteiger partial charge is 0.340 e. The molecule has 0 spiro atoms. The zero-order chi connectivity index (χ0) is 12.8. The highest BCUT2D eigenvalue weighted by Gasteiger charge is 2.37. The lowest BCUT2D eigenvalue weighted by Crippen LogP contribution is -2.43. The molecule has 18 heavy (non-hydrogen) atoms. The van der Waals surface area contributed by atoms with E-state index in [0.717, 1.165) is 12.8 Å². The number of carbonyl (C=O) groups excluding carboxylic acids is 1. The number of alkyl halides is 2. The molecule has 5 heteroatoms. The Labute approximate surface area is 104 Å². The van der Waals surface area contributed by atoms with Crippen LogP contribution < -0.4 is 0 Å². The number of amides is 1. The van der Waals surface area contributed by atoms with Crippen LogP contribution in [-0.4, -0.2) is 34.4 Å². The van der Waals surface area contributed by atoms with Crippen LogP contribution in [0.5, 0.6) is 0 Å². The third-order valence-electron chi connectivity index (χ3n) is 3.72. The van der Waals surface area contributed by atoms with Crippen LogP contribution in [-0.2, 0) is 0 Å². The molecule has 0 radical (unpaired) electrons. The summed E-state index contributed by atoms with van der Waals surface area (Å²) in [5.41, 5.74) is 0.641. The van der Waals surface area contributed by atoms with Crippen LogP contribution in [0.2, 0.25) is 0 Å². The molecule has 98 valence electrons. The summed E-state index contributed by atoms with van der Waals surface area (Å²) in [6, 6.07) is 4.07. The Balaban J connectivity index is 1.73. The number of aromatic nitrogens is 1. The molecule has 3 rings (SSSR count). The first kappa shape index (κ1) is 11.7. The van der Waals surface area contributed by atoms with E-state index in [-0.39, 0.29) is 31.8 Å². The molecule has 1 aliphatic heterocycles. The number of nitrogens with zero attached hydrogens (tertiary/aromatic N) is 2. The molecule has 0 atom stereocenters. The predicted octanol–water partition coefficient (Wildman–Crippen LogP) is 2.69. The third kappa shape index (κ3) is 2.13. The molecule has 0 N–H and O–H groups in total. The van der Waals surface area contributed by atoms with Crippen molar-refractivity contribution in [3.63, 3.8) is 0 Å². The average Bonchev–Trinajstić information content (AvgIpc) is 3.06. The van der Waals surface area contributed by atoms with Gasteiger partial charge in [0, 0.05) is 38.2 Å². The van der Waals surface area contributed by atoms with Gasteiger partial charge in [0.25, 0.3) is 11.8 Å². The summed E-state index contributed by atoms with van der Waals surface area (Å²) >= 11 is 0. The van der Waals surface area contributed by atoms with E-state index in [1.807, 2.05) is 16.8 Å². The van der Waals surface area contributed by atoms with Gasteiger partial charge in [-0.3, -0.25) is 4.79 Å². The fraction of sp³-hybridized carbons (Fsp3) is 0.615. The highest BCUT2D eigenvalue weighted by Crippen LogP contribution is 2.36. The summed E-state index contributed by atoms with van der Waals surface area (Å²) in [5.74, 6) is -2.71. The molecular formula is C13H16F2N2O. The van der Waals surface area contributed by atoms with Gasteiger partial charge in [0.15, 0.2) is 0 Å². The van der Waals surface area contributed by atoms with E-state index >= 15 is 0 Å². The van der Waals surface area contributed by atoms with Gasteiger partial charge in [0.05, 0.1) is 0 Å². The van der Waals surface area contributed by atoms with E-state index in [1.165, 1.54) is 0 Å². The first-order chi connectivity index (χ1) is 8.57. The lowest BCUT2D eigenvalue weighted by molar-refractivity contribution is -0.0495. The lowest BCUT2D eigenvalue weighted by atomic mass is 10.1. The Morgan fingerprint density at radius 3 is 2.56 bits per heavy atom. The number of carbonyl (C=O) groups is 1. The topological polar surface area (TPSA) is 25.2 Å². The summed E-state index contributed by atoms with van der Waals surface area (Å²) in [4.78, 5) is 13.8. The second-order valence-electron chi connectivity index (χ2n) is 5.18. The average molecular weight is 254 g/mol. The van der Waals surface area contributed by atoms with E-state index in [1.54, 1.807) is 11.0 Å². The maximum Gasteiger partial charge on any atom is 0.270 e. The minimum Gasteiger partial charge on any atom is -0.340 e. The smallest absolute Gasteiger partial charge is 0.270 e. The van der Waals surface area contributed by atoms with Crippen LogP contribution in [0.25, 0.3) is 0 Å². The quantitative estimate of drug-likeness (QED) is 0.796. The Bertz CT molecular complexity index is 455. The third-order valence-corrected chi connectivity index (χ3v) is 3.72. The Morgan fingerprint density at radius 1 is 1.28 bits per heavy atom. The fourth-order valence-electron chi connectivity index (χ4n) is 2.45. The normalized spacial score (nSPS) is 23.1. The Kier molecular flexibility index (Phi) is 2.64. The zero-order valence-corrected chi connectivity index (χ0v) is 10.1. The molecule has 1 saturated heterocycles. The SMILES string of the molecule is O=C(c1cccn1C1CC1)N1CCC(F)(F)CC1. The zero-order valence-electron chi connectivity index (χ0n) is 10.1. The molecular weight excluding hydrogens is 238 g/mol. The molecule has 1 aromatic heterocycles. The van der Waals surface area contributed by atoms with E-state index in [2.05, 4.69) is 0 Å². The van der Waals surface area contributed by atoms with Crippen molar-refractivity contribution in [2.45, 2.75) is 37.6 Å². The summed E-state index contributed by atoms with van der Waals surface area (Å²) in [5, 5.41) is 0. The van der Waals surface area contributed by atoms with Gasteiger partial charge in [-0.2, -0.15) is 0 Å². The van der Waals surface area contributed by atoms with Gasteiger partial charge in [-0.1, -0.05) is 0 Å². The predicted molar refractivity (Wildman–Crippen MR) is 62.8 cm³/mol. The van der Waals surface area contributed by atoms with Gasteiger partial charge < -0.3 is 9.47 Å². The Morgan fingerprint density at radius 2 is 1.94 bits per heavy atom. The van der Waals surface area contributed by atoms with E-state index in [4.69, 9.17) is 0 Å². The van der Waals surface area contributed by atoms with Gasteiger partial charge in [0.1, 0.15) is 5.69 Å². The van der Waals surface area contributed by atoms with Crippen LogP contribution in [0.3, 0.4) is 0 Å². The molecule has 0 bridgehead atoms. The lowest BCUT2D eigenvalue weighted by Gasteiger charge is -2.31. The summed E-state index contributed by atoms with van der Waals surface area (Å²) < 4.78 is 28.1. The van der Waals surface area contributed by atoms with Crippen molar-refractivity contribution in [1.29, 1.82) is 0 Å². The Hall–Kier alpha value is -1.39. The number of piperidine rings is 1. The van der Waals surface area contributed by atoms with Gasteiger partial charge in [-0.25, -0.2) is 8.78 Å². The van der Waals surface area contributed by atoms with Crippen molar-refractivity contribution in [3.8, 4) is 0 Å². The standard InChI is InChI=1S/C13H16F2N2O/c14-13(15)5-8-16(9-6-13)12(18)11-2-1-7-17(11)10-3-4-10/h1-2,7,10H,3-6,8-9H2. The fourth-order valence-corrected chi connectivity index (χ4v) is 2.45. The van der Waals surface area contributed by atoms with Crippen molar-refractivity contribution < 1.29 is 13.6 Å². The van der Waals surface area contributed by atoms with Crippen molar-refractivity contribution in [3.05, 3.63) is 24.0 Å². The minimum absolute atomic E-state index is 0.109. The van der Waals surface area contributed by atoms with Gasteiger partial charge in [-0.05, 0) is 25.0 Å². The second kappa shape index (κ2) is 4.07. The summed E-state index contributed by atoms with van der Waals surface area (Å²) in [6.45, 7) is 0.309. The van der Waals surface area contributed by atoms with E-state index < -0.39 is 5.92 Å². The maximum absolute atomic E-state index is 13.1. The molecule has 3 nitrogen and oxygen atoms in total. The molecule has 1 aromatic rings. The second-order valence-corrected chi connectivity index (χ2v) is 5.18. The van der Waals surface area contributed by atoms with Gasteiger partial charge in [0.2, 0.25) is 0 Å². The van der Waals surface area contributed by atoms with Crippen molar-refractivity contribution >= 4 is 5.91 Å². The number of hydrogen-bond donors (Lipinski definition) is 0. The molecule has 0 aromatic carbocycles. The number of likely N-dealkylation sites (tertiary alicyclic amines) is 1. The minimum atomic E-state index is -2.60. The van der Waals surface area contributed by atoms with Crippen LogP contribution >= 0.6 is 0 Å². The van der Waals surface area contributed by atoms with Crippen LogP contribution in [0.15, 0.2) is 18.3 Å². The van der Waals surface area contributed by atoms with Crippen LogP contribution in [0.4, 0.5) is 8.78 Å². The molecule has 0 unspecified atom stereocenters. The summed E-state index contributed by atoms with van der Waals surface area (Å²) in [6.07, 6.45) is 3.68. The number of halogens is 2. The molecule has 2 heterocycles. The number of rotatable bonds is 2. The molecule has 1 aliphatic carbocycles. The maximum atomic E-state index is 13.1. The highest BCUT2D eigenvalue weighted by atomic mass is 19.3. The van der Waals surface area contributed by atoms with Crippen LogP contribution in [0.1, 0.15) is 42.2 Å². The van der Waals surface area contributed by atoms with Gasteiger partial charge in [-0.15, -0.1) is 0 Å². The molecule has 1 saturated carbocycles. The van der Waals surface area contributed by atoms with E-state index in [9.17, 15) is 13.6 Å². The molecule has 2 fully saturated rings. The first-order valence-electron chi connectivity index (χ1n) is 6.41. The van der Waals surface area contributed by atoms with Crippen molar-refractivity contribution in [1.82, 2.24) is 9.47 Å². The highest BCUT2D eigenvalue weighted by molar-refractivity contribution is 5.93. The van der Waals surface area contributed by atoms with Crippen molar-refractivity contribution in [2.24, 2.45) is 0 Å². The first-order valence-corrected chi connectivity index (χ1v) is 6.41. The van der Waals surface area contributed by atoms with Crippen LogP contribution in [0, 0.1) is 0 Å². The summed E-state index contributed by atoms with van der Waals surface area (Å²) in [7, 11) is 0. The monoisotopic (exact) mass is 254 g/mol. The molecule has 1 amide bonds. The van der Waals surface area contributed by atoms with Gasteiger partial charge >= 0.3 is 0 Å².